The third-order valence-electron chi connectivity index (χ3n) is 7.23. The maximum Gasteiger partial charge on any atom is 0.421 e. The van der Waals surface area contributed by atoms with Crippen molar-refractivity contribution in [3.8, 4) is 6.07 Å². The number of nitriles is 1. The fourth-order valence-corrected chi connectivity index (χ4v) is 4.90. The molecule has 1 N–H and O–H groups in total. The Morgan fingerprint density at radius 2 is 1.59 bits per heavy atom. The Hall–Kier alpha value is -2.92. The van der Waals surface area contributed by atoms with E-state index in [1.807, 2.05) is 0 Å². The van der Waals surface area contributed by atoms with Crippen LogP contribution in [-0.2, 0) is 11.0 Å². The summed E-state index contributed by atoms with van der Waals surface area (Å²) in [6.07, 6.45) is -1.25. The number of nitrogens with zero attached hydrogens (tertiary/aromatic N) is 2. The van der Waals surface area contributed by atoms with Crippen molar-refractivity contribution in [1.29, 1.82) is 5.26 Å². The van der Waals surface area contributed by atoms with Crippen LogP contribution >= 0.6 is 0 Å². The molecule has 0 heterocycles. The lowest BCUT2D eigenvalue weighted by atomic mass is 9.68. The fraction of sp³-hybridized carbons (Fsp3) is 0.462. The number of halogens is 4. The normalized spacial score (nSPS) is 24.7. The van der Waals surface area contributed by atoms with Crippen LogP contribution in [0.2, 0.25) is 0 Å². The van der Waals surface area contributed by atoms with Crippen LogP contribution in [0.25, 0.3) is 0 Å². The zero-order valence-electron chi connectivity index (χ0n) is 18.8. The van der Waals surface area contributed by atoms with E-state index in [9.17, 15) is 32.7 Å². The van der Waals surface area contributed by atoms with Crippen molar-refractivity contribution >= 4 is 5.91 Å². The van der Waals surface area contributed by atoms with Gasteiger partial charge in [-0.2, -0.15) is 18.4 Å². The molecule has 2 saturated carbocycles. The average molecular weight is 474 g/mol. The second-order valence-electron chi connectivity index (χ2n) is 9.50. The Balaban J connectivity index is 1.52. The summed E-state index contributed by atoms with van der Waals surface area (Å²) < 4.78 is 53.8. The first kappa shape index (κ1) is 24.2. The van der Waals surface area contributed by atoms with Gasteiger partial charge in [-0.15, -0.1) is 0 Å². The van der Waals surface area contributed by atoms with Crippen LogP contribution < -0.4 is 0 Å². The number of rotatable bonds is 5. The third-order valence-corrected chi connectivity index (χ3v) is 7.23. The van der Waals surface area contributed by atoms with Crippen LogP contribution in [0.3, 0.4) is 0 Å². The number of alkyl halides is 3. The summed E-state index contributed by atoms with van der Waals surface area (Å²) in [4.78, 5) is 15.1. The Kier molecular flexibility index (Phi) is 6.19. The smallest absolute Gasteiger partial charge is 0.376 e. The molecule has 0 radical (unpaired) electrons. The summed E-state index contributed by atoms with van der Waals surface area (Å²) in [7, 11) is 0. The van der Waals surface area contributed by atoms with E-state index in [0.717, 1.165) is 25.0 Å². The molecular weight excluding hydrogens is 448 g/mol. The summed E-state index contributed by atoms with van der Waals surface area (Å²) in [5.74, 6) is -0.687. The van der Waals surface area contributed by atoms with Gasteiger partial charge in [0.25, 0.3) is 5.91 Å². The molecule has 2 aliphatic carbocycles. The zero-order valence-corrected chi connectivity index (χ0v) is 18.8. The predicted octanol–water partition coefficient (Wildman–Crippen LogP) is 5.60. The Morgan fingerprint density at radius 1 is 1.03 bits per heavy atom. The van der Waals surface area contributed by atoms with E-state index in [-0.39, 0.29) is 29.1 Å². The molecule has 0 spiro atoms. The summed E-state index contributed by atoms with van der Waals surface area (Å²) in [6, 6.07) is 13.4. The Morgan fingerprint density at radius 3 is 2.09 bits per heavy atom. The topological polar surface area (TPSA) is 64.3 Å². The van der Waals surface area contributed by atoms with Crippen molar-refractivity contribution < 1.29 is 27.5 Å². The number of aliphatic hydroxyl groups is 1. The fourth-order valence-electron chi connectivity index (χ4n) is 4.90. The molecule has 0 aromatic heterocycles. The Labute approximate surface area is 195 Å². The predicted molar refractivity (Wildman–Crippen MR) is 117 cm³/mol. The van der Waals surface area contributed by atoms with Crippen LogP contribution in [-0.4, -0.2) is 34.2 Å². The van der Waals surface area contributed by atoms with Crippen LogP contribution in [0.4, 0.5) is 17.6 Å². The van der Waals surface area contributed by atoms with E-state index in [0.29, 0.717) is 38.2 Å². The molecule has 2 aromatic carbocycles. The van der Waals surface area contributed by atoms with E-state index in [1.54, 1.807) is 23.1 Å². The maximum absolute atomic E-state index is 14.4. The van der Waals surface area contributed by atoms with Gasteiger partial charge >= 0.3 is 6.18 Å². The molecule has 0 aliphatic heterocycles. The highest BCUT2D eigenvalue weighted by atomic mass is 19.4. The molecule has 1 atom stereocenters. The number of carbonyl (C=O) groups is 1. The molecular formula is C26H26F4N2O2. The van der Waals surface area contributed by atoms with E-state index < -0.39 is 23.0 Å². The van der Waals surface area contributed by atoms with Gasteiger partial charge in [-0.3, -0.25) is 4.79 Å². The second-order valence-corrected chi connectivity index (χ2v) is 9.50. The monoisotopic (exact) mass is 474 g/mol. The summed E-state index contributed by atoms with van der Waals surface area (Å²) in [5, 5.41) is 19.8. The number of hydrogen-bond donors (Lipinski definition) is 1. The molecule has 34 heavy (non-hydrogen) atoms. The minimum absolute atomic E-state index is 0.0542. The molecule has 2 aliphatic rings. The van der Waals surface area contributed by atoms with Crippen molar-refractivity contribution in [3.63, 3.8) is 0 Å². The van der Waals surface area contributed by atoms with Gasteiger partial charge in [-0.05, 0) is 69.2 Å². The lowest BCUT2D eigenvalue weighted by Crippen LogP contribution is -2.46. The molecule has 4 nitrogen and oxygen atoms in total. The largest absolute Gasteiger partial charge is 0.421 e. The third kappa shape index (κ3) is 4.29. The number of amides is 1. The molecule has 0 saturated heterocycles. The zero-order chi connectivity index (χ0) is 24.7. The summed E-state index contributed by atoms with van der Waals surface area (Å²) in [5.41, 5.74) is -3.66. The van der Waals surface area contributed by atoms with Gasteiger partial charge in [-0.1, -0.05) is 30.3 Å². The van der Waals surface area contributed by atoms with Gasteiger partial charge in [0, 0.05) is 23.2 Å². The van der Waals surface area contributed by atoms with Gasteiger partial charge in [0.1, 0.15) is 5.82 Å². The van der Waals surface area contributed by atoms with Crippen molar-refractivity contribution in [3.05, 3.63) is 71.0 Å². The maximum atomic E-state index is 14.4. The van der Waals surface area contributed by atoms with Crippen molar-refractivity contribution in [2.45, 2.75) is 74.7 Å². The molecule has 8 heteroatoms. The van der Waals surface area contributed by atoms with Gasteiger partial charge in [-0.25, -0.2) is 4.39 Å². The Bertz CT molecular complexity index is 1090. The van der Waals surface area contributed by atoms with Gasteiger partial charge in [0.05, 0.1) is 11.5 Å². The second kappa shape index (κ2) is 8.70. The van der Waals surface area contributed by atoms with Gasteiger partial charge < -0.3 is 10.0 Å². The molecule has 1 amide bonds. The molecule has 4 rings (SSSR count). The standard InChI is InChI=1S/C26H26F4N2O2/c1-24(34,26(28,29)30)18-8-6-17(7-9-18)23(33)32(19-10-11-19)20-12-14-25(16-31,15-13-20)21-4-2-3-5-22(21)27/h2-9,19-20,34H,10-15H2,1H3/t20?,24-,25?/m0/s1. The molecule has 0 unspecified atom stereocenters. The average Bonchev–Trinajstić information content (AvgIpc) is 3.64. The van der Waals surface area contributed by atoms with Crippen molar-refractivity contribution in [2.75, 3.05) is 0 Å². The molecule has 0 bridgehead atoms. The van der Waals surface area contributed by atoms with Gasteiger partial charge in [0.2, 0.25) is 0 Å². The van der Waals surface area contributed by atoms with Crippen LogP contribution in [0.1, 0.15) is 66.9 Å². The first-order chi connectivity index (χ1) is 16.0. The van der Waals surface area contributed by atoms with Crippen molar-refractivity contribution in [1.82, 2.24) is 4.90 Å². The van der Waals surface area contributed by atoms with E-state index >= 15 is 0 Å². The molecule has 2 fully saturated rings. The van der Waals surface area contributed by atoms with E-state index in [4.69, 9.17) is 0 Å². The number of benzene rings is 2. The van der Waals surface area contributed by atoms with Crippen LogP contribution in [0.15, 0.2) is 48.5 Å². The highest BCUT2D eigenvalue weighted by Gasteiger charge is 2.51. The number of hydrogen-bond acceptors (Lipinski definition) is 3. The quantitative estimate of drug-likeness (QED) is 0.574. The lowest BCUT2D eigenvalue weighted by molar-refractivity contribution is -0.258. The summed E-state index contributed by atoms with van der Waals surface area (Å²) >= 11 is 0. The highest BCUT2D eigenvalue weighted by Crippen LogP contribution is 2.44. The van der Waals surface area contributed by atoms with E-state index in [2.05, 4.69) is 6.07 Å². The molecule has 180 valence electrons. The number of carbonyl (C=O) groups excluding carboxylic acids is 1. The van der Waals surface area contributed by atoms with E-state index in [1.165, 1.54) is 18.2 Å². The minimum atomic E-state index is -4.84. The first-order valence-electron chi connectivity index (χ1n) is 11.4. The molecule has 2 aromatic rings. The highest BCUT2D eigenvalue weighted by molar-refractivity contribution is 5.95. The van der Waals surface area contributed by atoms with Crippen LogP contribution in [0.5, 0.6) is 0 Å². The minimum Gasteiger partial charge on any atom is -0.376 e. The lowest BCUT2D eigenvalue weighted by Gasteiger charge is -2.41. The summed E-state index contributed by atoms with van der Waals surface area (Å²) in [6.45, 7) is 0.680. The van der Waals surface area contributed by atoms with Gasteiger partial charge in [0.15, 0.2) is 5.60 Å². The van der Waals surface area contributed by atoms with Crippen molar-refractivity contribution in [2.24, 2.45) is 0 Å². The van der Waals surface area contributed by atoms with Crippen LogP contribution in [0, 0.1) is 17.1 Å². The first-order valence-corrected chi connectivity index (χ1v) is 11.4. The SMILES string of the molecule is C[C@](O)(c1ccc(C(=O)N(C2CC2)C2CCC(C#N)(c3ccccc3F)CC2)cc1)C(F)(F)F.